The Morgan fingerprint density at radius 3 is 2.70 bits per heavy atom. The van der Waals surface area contributed by atoms with E-state index in [4.69, 9.17) is 17.0 Å². The van der Waals surface area contributed by atoms with Gasteiger partial charge >= 0.3 is 0 Å². The molecule has 0 unspecified atom stereocenters. The molecule has 98 valence electrons. The SMILES string of the molecule is COc1ccc2c3c(c4cc(C)ccc4cc13)SC2=S. The highest BCUT2D eigenvalue weighted by Gasteiger charge is 2.24. The normalized spacial score (nSPS) is 13.4. The fourth-order valence-corrected chi connectivity index (χ4v) is 4.37. The molecule has 0 saturated carbocycles. The van der Waals surface area contributed by atoms with E-state index in [9.17, 15) is 0 Å². The van der Waals surface area contributed by atoms with Gasteiger partial charge in [-0.3, -0.25) is 0 Å². The molecule has 0 aromatic heterocycles. The van der Waals surface area contributed by atoms with Crippen molar-refractivity contribution in [1.29, 1.82) is 0 Å². The number of hydrogen-bond acceptors (Lipinski definition) is 3. The quantitative estimate of drug-likeness (QED) is 0.457. The third-order valence-corrected chi connectivity index (χ3v) is 5.32. The van der Waals surface area contributed by atoms with Crippen LogP contribution in [0.5, 0.6) is 5.75 Å². The zero-order chi connectivity index (χ0) is 13.9. The second kappa shape index (κ2) is 4.21. The summed E-state index contributed by atoms with van der Waals surface area (Å²) in [6.45, 7) is 2.13. The molecule has 4 rings (SSSR count). The summed E-state index contributed by atoms with van der Waals surface area (Å²) >= 11 is 7.24. The lowest BCUT2D eigenvalue weighted by atomic mass is 9.98. The van der Waals surface area contributed by atoms with Gasteiger partial charge in [-0.2, -0.15) is 0 Å². The Labute approximate surface area is 126 Å². The van der Waals surface area contributed by atoms with E-state index < -0.39 is 0 Å². The van der Waals surface area contributed by atoms with E-state index >= 15 is 0 Å². The van der Waals surface area contributed by atoms with Crippen molar-refractivity contribution in [3.8, 4) is 5.75 Å². The van der Waals surface area contributed by atoms with E-state index in [1.54, 1.807) is 18.9 Å². The molecule has 1 aliphatic rings. The summed E-state index contributed by atoms with van der Waals surface area (Å²) in [7, 11) is 1.72. The molecule has 20 heavy (non-hydrogen) atoms. The molecular weight excluding hydrogens is 284 g/mol. The zero-order valence-electron chi connectivity index (χ0n) is 11.2. The van der Waals surface area contributed by atoms with Crippen LogP contribution in [0.1, 0.15) is 11.1 Å². The standard InChI is InChI=1S/C17H12OS2/c1-9-3-4-10-8-13-14(18-2)6-5-11-15(13)16(12(10)7-9)20-17(11)19/h3-8H,1-2H3. The summed E-state index contributed by atoms with van der Waals surface area (Å²) in [5.41, 5.74) is 2.44. The molecule has 1 aliphatic heterocycles. The molecule has 3 aromatic carbocycles. The Kier molecular flexibility index (Phi) is 2.56. The maximum absolute atomic E-state index is 5.53. The van der Waals surface area contributed by atoms with Crippen LogP contribution in [-0.4, -0.2) is 11.3 Å². The number of fused-ring (bicyclic) bond motifs is 2. The van der Waals surface area contributed by atoms with Gasteiger partial charge in [-0.15, -0.1) is 0 Å². The Balaban J connectivity index is 2.27. The number of thioether (sulfide) groups is 1. The van der Waals surface area contributed by atoms with Crippen molar-refractivity contribution in [3.05, 3.63) is 47.5 Å². The highest BCUT2D eigenvalue weighted by molar-refractivity contribution is 8.24. The second-order valence-corrected chi connectivity index (χ2v) is 6.75. The lowest BCUT2D eigenvalue weighted by Gasteiger charge is -2.10. The molecule has 0 N–H and O–H groups in total. The minimum Gasteiger partial charge on any atom is -0.496 e. The molecule has 0 aliphatic carbocycles. The zero-order valence-corrected chi connectivity index (χ0v) is 12.8. The van der Waals surface area contributed by atoms with Crippen molar-refractivity contribution in [1.82, 2.24) is 0 Å². The van der Waals surface area contributed by atoms with Gasteiger partial charge in [0.25, 0.3) is 0 Å². The molecule has 0 spiro atoms. The van der Waals surface area contributed by atoms with E-state index in [0.29, 0.717) is 0 Å². The van der Waals surface area contributed by atoms with Crippen LogP contribution in [-0.2, 0) is 0 Å². The fourth-order valence-electron chi connectivity index (χ4n) is 2.87. The van der Waals surface area contributed by atoms with Crippen LogP contribution in [0.25, 0.3) is 21.5 Å². The van der Waals surface area contributed by atoms with Gasteiger partial charge < -0.3 is 4.74 Å². The van der Waals surface area contributed by atoms with Gasteiger partial charge in [0.1, 0.15) is 5.75 Å². The van der Waals surface area contributed by atoms with Crippen molar-refractivity contribution < 1.29 is 4.74 Å². The van der Waals surface area contributed by atoms with Gasteiger partial charge in [-0.05, 0) is 35.9 Å². The molecule has 3 aromatic rings. The Hall–Kier alpha value is -1.58. The summed E-state index contributed by atoms with van der Waals surface area (Å²) < 4.78 is 6.48. The first kappa shape index (κ1) is 12.2. The number of aryl methyl sites for hydroxylation is 1. The van der Waals surface area contributed by atoms with Crippen molar-refractivity contribution in [2.75, 3.05) is 7.11 Å². The van der Waals surface area contributed by atoms with E-state index in [1.165, 1.54) is 32.2 Å². The third kappa shape index (κ3) is 1.54. The molecule has 0 radical (unpaired) electrons. The number of thiocarbonyl (C=S) groups is 1. The summed E-state index contributed by atoms with van der Waals surface area (Å²) in [5.74, 6) is 0.915. The minimum atomic E-state index is 0.915. The Morgan fingerprint density at radius 1 is 1.05 bits per heavy atom. The maximum Gasteiger partial charge on any atom is 0.126 e. The second-order valence-electron chi connectivity index (χ2n) is 5.06. The number of hydrogen-bond donors (Lipinski definition) is 0. The van der Waals surface area contributed by atoms with Crippen LogP contribution < -0.4 is 4.74 Å². The monoisotopic (exact) mass is 296 g/mol. The van der Waals surface area contributed by atoms with E-state index in [1.807, 2.05) is 6.07 Å². The van der Waals surface area contributed by atoms with Crippen LogP contribution in [0.4, 0.5) is 0 Å². The molecule has 3 heteroatoms. The lowest BCUT2D eigenvalue weighted by Crippen LogP contribution is -1.89. The van der Waals surface area contributed by atoms with Crippen molar-refractivity contribution >= 4 is 49.7 Å². The van der Waals surface area contributed by atoms with Crippen LogP contribution in [0.15, 0.2) is 41.3 Å². The van der Waals surface area contributed by atoms with Crippen molar-refractivity contribution in [2.24, 2.45) is 0 Å². The fraction of sp³-hybridized carbons (Fsp3) is 0.118. The first-order chi connectivity index (χ1) is 9.69. The minimum absolute atomic E-state index is 0.915. The number of rotatable bonds is 1. The van der Waals surface area contributed by atoms with Crippen LogP contribution in [0.2, 0.25) is 0 Å². The third-order valence-electron chi connectivity index (χ3n) is 3.82. The molecule has 0 fully saturated rings. The molecule has 1 nitrogen and oxygen atoms in total. The van der Waals surface area contributed by atoms with Gasteiger partial charge in [-0.25, -0.2) is 0 Å². The molecule has 1 heterocycles. The van der Waals surface area contributed by atoms with Gasteiger partial charge in [-0.1, -0.05) is 47.7 Å². The average molecular weight is 296 g/mol. The maximum atomic E-state index is 5.53. The number of ether oxygens (including phenoxy) is 1. The lowest BCUT2D eigenvalue weighted by molar-refractivity contribution is 0.420. The predicted octanol–water partition coefficient (Wildman–Crippen LogP) is 5.09. The first-order valence-electron chi connectivity index (χ1n) is 6.45. The van der Waals surface area contributed by atoms with Crippen molar-refractivity contribution in [2.45, 2.75) is 11.8 Å². The summed E-state index contributed by atoms with van der Waals surface area (Å²) in [6, 6.07) is 12.9. The largest absolute Gasteiger partial charge is 0.496 e. The number of benzene rings is 3. The van der Waals surface area contributed by atoms with Crippen LogP contribution in [0.3, 0.4) is 0 Å². The molecule has 0 amide bonds. The van der Waals surface area contributed by atoms with Gasteiger partial charge in [0.05, 0.1) is 11.3 Å². The first-order valence-corrected chi connectivity index (χ1v) is 7.68. The van der Waals surface area contributed by atoms with Crippen molar-refractivity contribution in [3.63, 3.8) is 0 Å². The van der Waals surface area contributed by atoms with E-state index in [0.717, 1.165) is 15.3 Å². The topological polar surface area (TPSA) is 9.23 Å². The van der Waals surface area contributed by atoms with Gasteiger partial charge in [0, 0.05) is 21.2 Å². The summed E-state index contributed by atoms with van der Waals surface area (Å²) in [6.07, 6.45) is 0. The highest BCUT2D eigenvalue weighted by Crippen LogP contribution is 2.47. The number of methoxy groups -OCH3 is 1. The van der Waals surface area contributed by atoms with Crippen LogP contribution >= 0.6 is 24.0 Å². The van der Waals surface area contributed by atoms with Gasteiger partial charge in [0.15, 0.2) is 0 Å². The van der Waals surface area contributed by atoms with E-state index in [2.05, 4.69) is 37.3 Å². The molecular formula is C17H12OS2. The average Bonchev–Trinajstić information content (AvgIpc) is 2.79. The van der Waals surface area contributed by atoms with E-state index in [-0.39, 0.29) is 0 Å². The summed E-state index contributed by atoms with van der Waals surface area (Å²) in [5, 5.41) is 4.93. The van der Waals surface area contributed by atoms with Crippen LogP contribution in [0, 0.1) is 6.92 Å². The smallest absolute Gasteiger partial charge is 0.126 e. The Morgan fingerprint density at radius 2 is 1.90 bits per heavy atom. The molecule has 0 bridgehead atoms. The van der Waals surface area contributed by atoms with Gasteiger partial charge in [0.2, 0.25) is 0 Å². The molecule has 0 saturated heterocycles. The summed E-state index contributed by atoms with van der Waals surface area (Å²) in [4.78, 5) is 1.28. The highest BCUT2D eigenvalue weighted by atomic mass is 32.2. The predicted molar refractivity (Wildman–Crippen MR) is 90.3 cm³/mol. The Bertz CT molecular complexity index is 897. The molecule has 0 atom stereocenters.